The summed E-state index contributed by atoms with van der Waals surface area (Å²) in [6.07, 6.45) is -0.0818. The van der Waals surface area contributed by atoms with Crippen LogP contribution in [-0.2, 0) is 4.74 Å². The van der Waals surface area contributed by atoms with Gasteiger partial charge in [-0.25, -0.2) is 9.50 Å². The molecular formula is C21H24N6O3. The molecule has 2 amide bonds. The van der Waals surface area contributed by atoms with E-state index >= 15 is 0 Å². The van der Waals surface area contributed by atoms with Gasteiger partial charge >= 0.3 is 0 Å². The number of benzene rings is 1. The van der Waals surface area contributed by atoms with E-state index in [9.17, 15) is 9.59 Å². The minimum atomic E-state index is -0.499. The first-order chi connectivity index (χ1) is 14.3. The van der Waals surface area contributed by atoms with Crippen molar-refractivity contribution in [2.45, 2.75) is 39.9 Å². The number of fused-ring (bicyclic) bond motifs is 1. The quantitative estimate of drug-likeness (QED) is 0.713. The van der Waals surface area contributed by atoms with E-state index in [1.54, 1.807) is 29.2 Å². The minimum absolute atomic E-state index is 0.00734. The van der Waals surface area contributed by atoms with E-state index in [-0.39, 0.29) is 23.9 Å². The molecule has 0 saturated carbocycles. The van der Waals surface area contributed by atoms with Crippen LogP contribution in [0.2, 0.25) is 0 Å². The number of anilines is 1. The fraction of sp³-hybridized carbons (Fsp3) is 0.381. The normalized spacial score (nSPS) is 19.1. The number of morpholine rings is 1. The average molecular weight is 408 g/mol. The zero-order valence-corrected chi connectivity index (χ0v) is 17.4. The molecule has 4 rings (SSSR count). The predicted molar refractivity (Wildman–Crippen MR) is 111 cm³/mol. The summed E-state index contributed by atoms with van der Waals surface area (Å²) in [5.74, 6) is -0.295. The largest absolute Gasteiger partial charge is 0.372 e. The maximum absolute atomic E-state index is 13.1. The van der Waals surface area contributed by atoms with Gasteiger partial charge < -0.3 is 15.0 Å². The van der Waals surface area contributed by atoms with Gasteiger partial charge in [0.2, 0.25) is 5.82 Å². The van der Waals surface area contributed by atoms with Gasteiger partial charge in [0.15, 0.2) is 0 Å². The Morgan fingerprint density at radius 1 is 1.10 bits per heavy atom. The summed E-state index contributed by atoms with van der Waals surface area (Å²) in [6, 6.07) is 8.80. The van der Waals surface area contributed by atoms with Gasteiger partial charge in [-0.15, -0.1) is 5.10 Å². The van der Waals surface area contributed by atoms with Crippen molar-refractivity contribution in [3.05, 3.63) is 53.1 Å². The lowest BCUT2D eigenvalue weighted by atomic mass is 10.1. The second-order valence-electron chi connectivity index (χ2n) is 7.65. The SMILES string of the molecule is Cc1cc(C)n2nc(C(=O)Nc3ccccc3C(=O)N3C[C@H](C)O[C@@H](C)C3)nc2n1. The van der Waals surface area contributed by atoms with Crippen LogP contribution in [0.3, 0.4) is 0 Å². The molecule has 1 aromatic carbocycles. The topological polar surface area (TPSA) is 102 Å². The Labute approximate surface area is 174 Å². The molecule has 3 heterocycles. The fourth-order valence-electron chi connectivity index (χ4n) is 3.73. The van der Waals surface area contributed by atoms with Crippen molar-refractivity contribution in [1.82, 2.24) is 24.5 Å². The summed E-state index contributed by atoms with van der Waals surface area (Å²) in [7, 11) is 0. The molecule has 9 heteroatoms. The molecule has 0 bridgehead atoms. The first-order valence-electron chi connectivity index (χ1n) is 9.88. The Kier molecular flexibility index (Phi) is 5.21. The molecule has 2 aromatic heterocycles. The van der Waals surface area contributed by atoms with Crippen LogP contribution in [0.1, 0.15) is 46.2 Å². The predicted octanol–water partition coefficient (Wildman–Crippen LogP) is 2.24. The Balaban J connectivity index is 1.59. The summed E-state index contributed by atoms with van der Waals surface area (Å²) < 4.78 is 7.24. The molecule has 3 aromatic rings. The van der Waals surface area contributed by atoms with Gasteiger partial charge in [0.25, 0.3) is 17.6 Å². The van der Waals surface area contributed by atoms with E-state index in [1.165, 1.54) is 4.52 Å². The monoisotopic (exact) mass is 408 g/mol. The summed E-state index contributed by atoms with van der Waals surface area (Å²) in [6.45, 7) is 8.62. The molecule has 0 unspecified atom stereocenters. The standard InChI is InChI=1S/C21H24N6O3/c1-12-9-13(2)27-21(22-12)24-18(25-27)19(28)23-17-8-6-5-7-16(17)20(29)26-10-14(3)30-15(4)11-26/h5-9,14-15H,10-11H2,1-4H3,(H,23,28)/t14-,15-/m0/s1. The highest BCUT2D eigenvalue weighted by molar-refractivity contribution is 6.07. The van der Waals surface area contributed by atoms with Gasteiger partial charge in [-0.3, -0.25) is 9.59 Å². The summed E-state index contributed by atoms with van der Waals surface area (Å²) in [4.78, 5) is 36.2. The van der Waals surface area contributed by atoms with E-state index in [0.717, 1.165) is 11.4 Å². The number of carbonyl (C=O) groups is 2. The molecular weight excluding hydrogens is 384 g/mol. The van der Waals surface area contributed by atoms with Crippen molar-refractivity contribution in [3.8, 4) is 0 Å². The zero-order chi connectivity index (χ0) is 21.4. The third-order valence-electron chi connectivity index (χ3n) is 4.93. The Hall–Kier alpha value is -3.33. The molecule has 1 saturated heterocycles. The average Bonchev–Trinajstić information content (AvgIpc) is 3.12. The number of rotatable bonds is 3. The molecule has 9 nitrogen and oxygen atoms in total. The number of hydrogen-bond acceptors (Lipinski definition) is 6. The molecule has 1 fully saturated rings. The number of amides is 2. The lowest BCUT2D eigenvalue weighted by Gasteiger charge is -2.35. The first kappa shape index (κ1) is 20.0. The van der Waals surface area contributed by atoms with E-state index < -0.39 is 5.91 Å². The van der Waals surface area contributed by atoms with E-state index in [0.29, 0.717) is 30.1 Å². The number of aromatic nitrogens is 4. The molecule has 1 N–H and O–H groups in total. The lowest BCUT2D eigenvalue weighted by Crippen LogP contribution is -2.48. The van der Waals surface area contributed by atoms with Crippen LogP contribution in [0.25, 0.3) is 5.78 Å². The van der Waals surface area contributed by atoms with Crippen LogP contribution in [0.4, 0.5) is 5.69 Å². The Bertz CT molecular complexity index is 1120. The van der Waals surface area contributed by atoms with E-state index in [4.69, 9.17) is 4.74 Å². The molecule has 1 aliphatic heterocycles. The maximum atomic E-state index is 13.1. The number of aryl methyl sites for hydroxylation is 2. The molecule has 30 heavy (non-hydrogen) atoms. The van der Waals surface area contributed by atoms with E-state index in [1.807, 2.05) is 33.8 Å². The van der Waals surface area contributed by atoms with Crippen LogP contribution in [0.5, 0.6) is 0 Å². The summed E-state index contributed by atoms with van der Waals surface area (Å²) in [5.41, 5.74) is 2.46. The van der Waals surface area contributed by atoms with Crippen molar-refractivity contribution in [2.24, 2.45) is 0 Å². The number of nitrogens with one attached hydrogen (secondary N) is 1. The highest BCUT2D eigenvalue weighted by Gasteiger charge is 2.28. The van der Waals surface area contributed by atoms with Crippen LogP contribution in [0, 0.1) is 13.8 Å². The first-order valence-corrected chi connectivity index (χ1v) is 9.88. The van der Waals surface area contributed by atoms with Gasteiger partial charge in [-0.2, -0.15) is 4.98 Å². The third-order valence-corrected chi connectivity index (χ3v) is 4.93. The van der Waals surface area contributed by atoms with Gasteiger partial charge in [0.05, 0.1) is 23.5 Å². The molecule has 0 radical (unpaired) electrons. The molecule has 1 aliphatic rings. The van der Waals surface area contributed by atoms with E-state index in [2.05, 4.69) is 20.4 Å². The number of para-hydroxylation sites is 1. The minimum Gasteiger partial charge on any atom is -0.372 e. The van der Waals surface area contributed by atoms with Gasteiger partial charge in [0, 0.05) is 24.5 Å². The van der Waals surface area contributed by atoms with Crippen molar-refractivity contribution in [2.75, 3.05) is 18.4 Å². The molecule has 0 aliphatic carbocycles. The number of ether oxygens (including phenoxy) is 1. The smallest absolute Gasteiger partial charge is 0.295 e. The fourth-order valence-corrected chi connectivity index (χ4v) is 3.73. The molecule has 156 valence electrons. The maximum Gasteiger partial charge on any atom is 0.295 e. The van der Waals surface area contributed by atoms with Crippen molar-refractivity contribution in [3.63, 3.8) is 0 Å². The highest BCUT2D eigenvalue weighted by atomic mass is 16.5. The second-order valence-corrected chi connectivity index (χ2v) is 7.65. The Morgan fingerprint density at radius 2 is 1.80 bits per heavy atom. The lowest BCUT2D eigenvalue weighted by molar-refractivity contribution is -0.0585. The van der Waals surface area contributed by atoms with Crippen molar-refractivity contribution < 1.29 is 14.3 Å². The summed E-state index contributed by atoms with van der Waals surface area (Å²) in [5, 5.41) is 7.03. The molecule has 2 atom stereocenters. The van der Waals surface area contributed by atoms with Gasteiger partial charge in [-0.1, -0.05) is 12.1 Å². The van der Waals surface area contributed by atoms with Crippen LogP contribution in [0.15, 0.2) is 30.3 Å². The third kappa shape index (κ3) is 3.88. The highest BCUT2D eigenvalue weighted by Crippen LogP contribution is 2.21. The Morgan fingerprint density at radius 3 is 2.53 bits per heavy atom. The molecule has 0 spiro atoms. The van der Waals surface area contributed by atoms with Crippen molar-refractivity contribution >= 4 is 23.3 Å². The number of hydrogen-bond donors (Lipinski definition) is 1. The van der Waals surface area contributed by atoms with Crippen LogP contribution in [-0.4, -0.2) is 61.6 Å². The van der Waals surface area contributed by atoms with Crippen LogP contribution >= 0.6 is 0 Å². The zero-order valence-electron chi connectivity index (χ0n) is 17.4. The van der Waals surface area contributed by atoms with Gasteiger partial charge in [-0.05, 0) is 45.9 Å². The van der Waals surface area contributed by atoms with Crippen molar-refractivity contribution in [1.29, 1.82) is 0 Å². The number of nitrogens with zero attached hydrogens (tertiary/aromatic N) is 5. The second kappa shape index (κ2) is 7.83. The number of carbonyl (C=O) groups excluding carboxylic acids is 2. The van der Waals surface area contributed by atoms with Gasteiger partial charge in [0.1, 0.15) is 0 Å². The van der Waals surface area contributed by atoms with Crippen LogP contribution < -0.4 is 5.32 Å². The summed E-state index contributed by atoms with van der Waals surface area (Å²) >= 11 is 0.